The number of halogens is 1. The number of carbonyl (C=O) groups is 1. The Hall–Kier alpha value is -2.59. The summed E-state index contributed by atoms with van der Waals surface area (Å²) in [4.78, 5) is 18.8. The number of rotatable bonds is 2. The van der Waals surface area contributed by atoms with Gasteiger partial charge in [-0.1, -0.05) is 41.9 Å². The Morgan fingerprint density at radius 2 is 1.87 bits per heavy atom. The number of nitrogens with one attached hydrogen (secondary N) is 1. The molecule has 0 saturated heterocycles. The first-order chi connectivity index (χ1) is 11.0. The summed E-state index contributed by atoms with van der Waals surface area (Å²) in [6, 6.07) is 15.1. The number of fused-ring (bicyclic) bond motifs is 1. The normalized spacial score (nSPS) is 15.5. The van der Waals surface area contributed by atoms with E-state index in [-0.39, 0.29) is 5.91 Å². The van der Waals surface area contributed by atoms with Crippen LogP contribution in [0, 0.1) is 0 Å². The van der Waals surface area contributed by atoms with E-state index in [1.807, 2.05) is 50.5 Å². The first-order valence-corrected chi connectivity index (χ1v) is 7.56. The van der Waals surface area contributed by atoms with E-state index >= 15 is 0 Å². The van der Waals surface area contributed by atoms with Gasteiger partial charge in [-0.2, -0.15) is 0 Å². The lowest BCUT2D eigenvalue weighted by molar-refractivity contribution is -0.112. The van der Waals surface area contributed by atoms with Gasteiger partial charge >= 0.3 is 0 Å². The average Bonchev–Trinajstić information content (AvgIpc) is 2.65. The van der Waals surface area contributed by atoms with E-state index in [0.29, 0.717) is 16.4 Å². The maximum absolute atomic E-state index is 12.4. The van der Waals surface area contributed by atoms with E-state index in [0.717, 1.165) is 16.8 Å². The molecule has 4 nitrogen and oxygen atoms in total. The molecule has 0 fully saturated rings. The highest BCUT2D eigenvalue weighted by Crippen LogP contribution is 2.28. The summed E-state index contributed by atoms with van der Waals surface area (Å²) in [6.07, 6.45) is 1.70. The number of hydrogen-bond acceptors (Lipinski definition) is 3. The van der Waals surface area contributed by atoms with Gasteiger partial charge in [0.25, 0.3) is 5.91 Å². The van der Waals surface area contributed by atoms with Gasteiger partial charge in [0.1, 0.15) is 5.70 Å². The molecule has 1 amide bonds. The molecule has 2 aromatic rings. The predicted molar refractivity (Wildman–Crippen MR) is 93.9 cm³/mol. The summed E-state index contributed by atoms with van der Waals surface area (Å²) in [5.41, 5.74) is 3.50. The Balaban J connectivity index is 2.25. The molecule has 1 aliphatic heterocycles. The van der Waals surface area contributed by atoms with Crippen molar-refractivity contribution in [3.05, 3.63) is 76.6 Å². The van der Waals surface area contributed by atoms with E-state index in [2.05, 4.69) is 10.3 Å². The number of amides is 1. The minimum atomic E-state index is -0.242. The molecular formula is C18H16ClN3O. The Morgan fingerprint density at radius 3 is 2.57 bits per heavy atom. The van der Waals surface area contributed by atoms with Crippen molar-refractivity contribution in [2.24, 2.45) is 4.99 Å². The highest BCUT2D eigenvalue weighted by molar-refractivity contribution is 6.32. The summed E-state index contributed by atoms with van der Waals surface area (Å²) in [7, 11) is 3.71. The standard InChI is InChI=1S/C18H16ClN3O/c1-22(2)11-16-18(23)21-15-9-8-13(19)10-14(15)17(20-16)12-6-4-3-5-7-12/h3-11H,1-2H3,(H,21,23). The Labute approximate surface area is 140 Å². The summed E-state index contributed by atoms with van der Waals surface area (Å²) >= 11 is 6.15. The smallest absolute Gasteiger partial charge is 0.275 e. The summed E-state index contributed by atoms with van der Waals surface area (Å²) < 4.78 is 0. The van der Waals surface area contributed by atoms with Crippen LogP contribution in [0.3, 0.4) is 0 Å². The fourth-order valence-corrected chi connectivity index (χ4v) is 2.56. The lowest BCUT2D eigenvalue weighted by Gasteiger charge is -2.10. The van der Waals surface area contributed by atoms with Crippen LogP contribution < -0.4 is 5.32 Å². The number of nitrogens with zero attached hydrogens (tertiary/aromatic N) is 2. The SMILES string of the molecule is CN(C)C=C1N=C(c2ccccc2)c2cc(Cl)ccc2NC1=O. The van der Waals surface area contributed by atoms with Gasteiger partial charge in [-0.25, -0.2) is 4.99 Å². The second-order valence-electron chi connectivity index (χ2n) is 5.45. The fraction of sp³-hybridized carbons (Fsp3) is 0.111. The first-order valence-electron chi connectivity index (χ1n) is 7.18. The number of anilines is 1. The van der Waals surface area contributed by atoms with Crippen LogP contribution in [0.4, 0.5) is 5.69 Å². The lowest BCUT2D eigenvalue weighted by atomic mass is 10.0. The third-order valence-corrected chi connectivity index (χ3v) is 3.61. The van der Waals surface area contributed by atoms with Gasteiger partial charge in [-0.3, -0.25) is 4.79 Å². The van der Waals surface area contributed by atoms with Crippen LogP contribution in [0.2, 0.25) is 5.02 Å². The molecule has 0 radical (unpaired) electrons. The Kier molecular flexibility index (Phi) is 4.17. The van der Waals surface area contributed by atoms with Gasteiger partial charge in [0, 0.05) is 36.4 Å². The van der Waals surface area contributed by atoms with Gasteiger partial charge in [0.05, 0.1) is 11.4 Å². The highest BCUT2D eigenvalue weighted by atomic mass is 35.5. The monoisotopic (exact) mass is 325 g/mol. The van der Waals surface area contributed by atoms with Crippen molar-refractivity contribution in [1.29, 1.82) is 0 Å². The molecule has 1 aliphatic rings. The van der Waals surface area contributed by atoms with Crippen LogP contribution >= 0.6 is 11.6 Å². The van der Waals surface area contributed by atoms with Gasteiger partial charge < -0.3 is 10.2 Å². The first kappa shape index (κ1) is 15.3. The number of benzodiazepines with no additional fused rings is 1. The molecule has 0 unspecified atom stereocenters. The second kappa shape index (κ2) is 6.26. The highest BCUT2D eigenvalue weighted by Gasteiger charge is 2.21. The van der Waals surface area contributed by atoms with E-state index in [9.17, 15) is 4.79 Å². The molecular weight excluding hydrogens is 310 g/mol. The van der Waals surface area contributed by atoms with E-state index in [1.165, 1.54) is 0 Å². The van der Waals surface area contributed by atoms with Crippen LogP contribution in [0.1, 0.15) is 11.1 Å². The maximum Gasteiger partial charge on any atom is 0.275 e. The lowest BCUT2D eigenvalue weighted by Crippen LogP contribution is -2.15. The summed E-state index contributed by atoms with van der Waals surface area (Å²) in [5.74, 6) is -0.242. The van der Waals surface area contributed by atoms with E-state index < -0.39 is 0 Å². The van der Waals surface area contributed by atoms with Crippen molar-refractivity contribution in [3.63, 3.8) is 0 Å². The van der Waals surface area contributed by atoms with Crippen molar-refractivity contribution in [2.75, 3.05) is 19.4 Å². The minimum Gasteiger partial charge on any atom is -0.382 e. The zero-order valence-electron chi connectivity index (χ0n) is 12.9. The maximum atomic E-state index is 12.4. The third-order valence-electron chi connectivity index (χ3n) is 3.38. The molecule has 2 aromatic carbocycles. The molecule has 116 valence electrons. The minimum absolute atomic E-state index is 0.242. The number of benzene rings is 2. The van der Waals surface area contributed by atoms with Crippen molar-refractivity contribution >= 4 is 28.9 Å². The molecule has 0 aliphatic carbocycles. The average molecular weight is 326 g/mol. The molecule has 0 spiro atoms. The number of aliphatic imine (C=N–C) groups is 1. The molecule has 0 bridgehead atoms. The van der Waals surface area contributed by atoms with Gasteiger partial charge in [-0.05, 0) is 18.2 Å². The molecule has 0 saturated carbocycles. The predicted octanol–water partition coefficient (Wildman–Crippen LogP) is 3.53. The van der Waals surface area contributed by atoms with Crippen LogP contribution in [0.5, 0.6) is 0 Å². The molecule has 1 N–H and O–H groups in total. The molecule has 0 aromatic heterocycles. The molecule has 23 heavy (non-hydrogen) atoms. The second-order valence-corrected chi connectivity index (χ2v) is 5.88. The van der Waals surface area contributed by atoms with Crippen molar-refractivity contribution in [2.45, 2.75) is 0 Å². The largest absolute Gasteiger partial charge is 0.382 e. The zero-order chi connectivity index (χ0) is 16.4. The van der Waals surface area contributed by atoms with Crippen LogP contribution in [0.25, 0.3) is 0 Å². The van der Waals surface area contributed by atoms with E-state index in [1.54, 1.807) is 23.2 Å². The molecule has 1 heterocycles. The topological polar surface area (TPSA) is 44.7 Å². The fourth-order valence-electron chi connectivity index (χ4n) is 2.39. The van der Waals surface area contributed by atoms with Crippen LogP contribution in [0.15, 0.2) is 65.4 Å². The Morgan fingerprint density at radius 1 is 1.13 bits per heavy atom. The van der Waals surface area contributed by atoms with Gasteiger partial charge in [0.2, 0.25) is 0 Å². The third kappa shape index (κ3) is 3.27. The molecule has 3 rings (SSSR count). The molecule has 0 atom stereocenters. The van der Waals surface area contributed by atoms with E-state index in [4.69, 9.17) is 11.6 Å². The van der Waals surface area contributed by atoms with Crippen molar-refractivity contribution < 1.29 is 4.79 Å². The zero-order valence-corrected chi connectivity index (χ0v) is 13.6. The number of carbonyl (C=O) groups excluding carboxylic acids is 1. The number of hydrogen-bond donors (Lipinski definition) is 1. The van der Waals surface area contributed by atoms with Crippen molar-refractivity contribution in [1.82, 2.24) is 4.90 Å². The Bertz CT molecular complexity index is 810. The van der Waals surface area contributed by atoms with Gasteiger partial charge in [0.15, 0.2) is 0 Å². The summed E-state index contributed by atoms with van der Waals surface area (Å²) in [5, 5.41) is 3.50. The van der Waals surface area contributed by atoms with Crippen molar-refractivity contribution in [3.8, 4) is 0 Å². The quantitative estimate of drug-likeness (QED) is 0.858. The van der Waals surface area contributed by atoms with Crippen LogP contribution in [-0.2, 0) is 4.79 Å². The van der Waals surface area contributed by atoms with Gasteiger partial charge in [-0.15, -0.1) is 0 Å². The summed E-state index contributed by atoms with van der Waals surface area (Å²) in [6.45, 7) is 0. The molecule has 5 heteroatoms. The van der Waals surface area contributed by atoms with Crippen LogP contribution in [-0.4, -0.2) is 30.6 Å².